The smallest absolute Gasteiger partial charge is 0.227 e. The van der Waals surface area contributed by atoms with Crippen molar-refractivity contribution in [1.29, 1.82) is 0 Å². The number of amides is 1. The van der Waals surface area contributed by atoms with E-state index in [2.05, 4.69) is 28.2 Å². The molecule has 4 rings (SSSR count). The Morgan fingerprint density at radius 3 is 2.85 bits per heavy atom. The van der Waals surface area contributed by atoms with Crippen LogP contribution in [0.3, 0.4) is 0 Å². The summed E-state index contributed by atoms with van der Waals surface area (Å²) in [6, 6.07) is 12.1. The van der Waals surface area contributed by atoms with E-state index in [1.165, 1.54) is 0 Å². The third kappa shape index (κ3) is 3.12. The van der Waals surface area contributed by atoms with Gasteiger partial charge in [-0.2, -0.15) is 5.10 Å². The van der Waals surface area contributed by atoms with Crippen LogP contribution in [0.25, 0.3) is 11.1 Å². The molecule has 0 spiro atoms. The second-order valence-corrected chi connectivity index (χ2v) is 6.78. The molecule has 1 saturated heterocycles. The standard InChI is InChI=1S/C21H22N4O/c1-15-5-2-3-6-17(15)13-20(26)25-12-4-7-19(25)21-18(14-23-24-21)16-8-10-22-11-9-16/h2-3,5-6,8-11,14,19H,4,7,12-13H2,1H3,(H,23,24). The van der Waals surface area contributed by atoms with E-state index in [-0.39, 0.29) is 11.9 Å². The molecule has 1 aliphatic heterocycles. The van der Waals surface area contributed by atoms with Gasteiger partial charge in [0.15, 0.2) is 0 Å². The zero-order valence-electron chi connectivity index (χ0n) is 14.9. The third-order valence-electron chi connectivity index (χ3n) is 5.17. The molecule has 1 atom stereocenters. The molecule has 0 saturated carbocycles. The average molecular weight is 346 g/mol. The number of hydrogen-bond donors (Lipinski definition) is 1. The first-order valence-electron chi connectivity index (χ1n) is 9.01. The Balaban J connectivity index is 1.59. The lowest BCUT2D eigenvalue weighted by Gasteiger charge is -2.25. The van der Waals surface area contributed by atoms with E-state index in [1.54, 1.807) is 12.4 Å². The minimum absolute atomic E-state index is 0.0529. The van der Waals surface area contributed by atoms with E-state index < -0.39 is 0 Å². The van der Waals surface area contributed by atoms with Crippen LogP contribution in [0.1, 0.15) is 35.7 Å². The number of nitrogens with one attached hydrogen (secondary N) is 1. The molecule has 0 aliphatic carbocycles. The molecule has 1 N–H and O–H groups in total. The first kappa shape index (κ1) is 16.5. The molecule has 0 radical (unpaired) electrons. The van der Waals surface area contributed by atoms with Gasteiger partial charge in [-0.15, -0.1) is 0 Å². The highest BCUT2D eigenvalue weighted by Crippen LogP contribution is 2.36. The summed E-state index contributed by atoms with van der Waals surface area (Å²) >= 11 is 0. The van der Waals surface area contributed by atoms with Gasteiger partial charge in [0.2, 0.25) is 5.91 Å². The molecule has 5 heteroatoms. The Hall–Kier alpha value is -2.95. The molecular formula is C21H22N4O. The number of nitrogens with zero attached hydrogens (tertiary/aromatic N) is 3. The molecule has 5 nitrogen and oxygen atoms in total. The van der Waals surface area contributed by atoms with E-state index in [9.17, 15) is 4.79 Å². The first-order chi connectivity index (χ1) is 12.7. The van der Waals surface area contributed by atoms with Crippen molar-refractivity contribution >= 4 is 5.91 Å². The topological polar surface area (TPSA) is 61.9 Å². The Labute approximate surface area is 153 Å². The fourth-order valence-corrected chi connectivity index (χ4v) is 3.75. The number of carbonyl (C=O) groups excluding carboxylic acids is 1. The van der Waals surface area contributed by atoms with E-state index in [4.69, 9.17) is 0 Å². The Bertz CT molecular complexity index is 903. The summed E-state index contributed by atoms with van der Waals surface area (Å²) in [4.78, 5) is 19.1. The van der Waals surface area contributed by atoms with Crippen LogP contribution in [0.5, 0.6) is 0 Å². The quantitative estimate of drug-likeness (QED) is 0.784. The summed E-state index contributed by atoms with van der Waals surface area (Å²) in [6.07, 6.45) is 7.82. The molecule has 2 aromatic heterocycles. The second kappa shape index (κ2) is 7.12. The maximum absolute atomic E-state index is 13.0. The number of hydrogen-bond acceptors (Lipinski definition) is 3. The average Bonchev–Trinajstić information content (AvgIpc) is 3.33. The fraction of sp³-hybridized carbons (Fsp3) is 0.286. The van der Waals surface area contributed by atoms with Crippen LogP contribution in [0.4, 0.5) is 0 Å². The zero-order chi connectivity index (χ0) is 17.9. The van der Waals surface area contributed by atoms with Crippen LogP contribution in [-0.4, -0.2) is 32.5 Å². The predicted octanol–water partition coefficient (Wildman–Crippen LogP) is 3.69. The molecule has 1 aromatic carbocycles. The van der Waals surface area contributed by atoms with Gasteiger partial charge >= 0.3 is 0 Å². The Morgan fingerprint density at radius 1 is 1.23 bits per heavy atom. The van der Waals surface area contributed by atoms with Crippen LogP contribution in [0, 0.1) is 6.92 Å². The largest absolute Gasteiger partial charge is 0.334 e. The van der Waals surface area contributed by atoms with Crippen LogP contribution in [0.15, 0.2) is 55.0 Å². The Morgan fingerprint density at radius 2 is 2.04 bits per heavy atom. The Kier molecular flexibility index (Phi) is 4.52. The molecular weight excluding hydrogens is 324 g/mol. The van der Waals surface area contributed by atoms with Crippen molar-refractivity contribution in [1.82, 2.24) is 20.1 Å². The monoisotopic (exact) mass is 346 g/mol. The van der Waals surface area contributed by atoms with Gasteiger partial charge in [-0.05, 0) is 48.6 Å². The van der Waals surface area contributed by atoms with Crippen molar-refractivity contribution in [2.75, 3.05) is 6.54 Å². The third-order valence-corrected chi connectivity index (χ3v) is 5.17. The lowest BCUT2D eigenvalue weighted by atomic mass is 10.0. The maximum Gasteiger partial charge on any atom is 0.227 e. The predicted molar refractivity (Wildman–Crippen MR) is 100 cm³/mol. The summed E-state index contributed by atoms with van der Waals surface area (Å²) < 4.78 is 0. The molecule has 3 aromatic rings. The minimum atomic E-state index is 0.0529. The number of aromatic nitrogens is 3. The summed E-state index contributed by atoms with van der Waals surface area (Å²) in [5.41, 5.74) is 5.40. The van der Waals surface area contributed by atoms with Gasteiger partial charge in [-0.1, -0.05) is 24.3 Å². The van der Waals surface area contributed by atoms with Gasteiger partial charge in [-0.25, -0.2) is 0 Å². The molecule has 1 amide bonds. The van der Waals surface area contributed by atoms with Crippen molar-refractivity contribution in [3.63, 3.8) is 0 Å². The summed E-state index contributed by atoms with van der Waals surface area (Å²) in [5, 5.41) is 7.39. The fourth-order valence-electron chi connectivity index (χ4n) is 3.75. The first-order valence-corrected chi connectivity index (χ1v) is 9.01. The van der Waals surface area contributed by atoms with Crippen molar-refractivity contribution in [2.24, 2.45) is 0 Å². The highest BCUT2D eigenvalue weighted by atomic mass is 16.2. The van der Waals surface area contributed by atoms with Crippen molar-refractivity contribution in [3.8, 4) is 11.1 Å². The van der Waals surface area contributed by atoms with Gasteiger partial charge in [-0.3, -0.25) is 14.9 Å². The van der Waals surface area contributed by atoms with Gasteiger partial charge in [0, 0.05) is 24.5 Å². The molecule has 0 bridgehead atoms. The van der Waals surface area contributed by atoms with Crippen molar-refractivity contribution in [3.05, 3.63) is 71.8 Å². The number of likely N-dealkylation sites (tertiary alicyclic amines) is 1. The second-order valence-electron chi connectivity index (χ2n) is 6.78. The van der Waals surface area contributed by atoms with E-state index >= 15 is 0 Å². The molecule has 26 heavy (non-hydrogen) atoms. The number of benzene rings is 1. The lowest BCUT2D eigenvalue weighted by molar-refractivity contribution is -0.131. The number of H-pyrrole nitrogens is 1. The highest BCUT2D eigenvalue weighted by Gasteiger charge is 2.32. The van der Waals surface area contributed by atoms with Gasteiger partial charge in [0.05, 0.1) is 24.4 Å². The molecule has 1 unspecified atom stereocenters. The van der Waals surface area contributed by atoms with Crippen LogP contribution in [0.2, 0.25) is 0 Å². The normalized spacial score (nSPS) is 16.8. The van der Waals surface area contributed by atoms with E-state index in [0.717, 1.165) is 47.3 Å². The molecule has 3 heterocycles. The van der Waals surface area contributed by atoms with Crippen molar-refractivity contribution in [2.45, 2.75) is 32.2 Å². The number of carbonyl (C=O) groups is 1. The van der Waals surface area contributed by atoms with Crippen LogP contribution in [-0.2, 0) is 11.2 Å². The lowest BCUT2D eigenvalue weighted by Crippen LogP contribution is -2.32. The molecule has 132 valence electrons. The van der Waals surface area contributed by atoms with Crippen molar-refractivity contribution < 1.29 is 4.79 Å². The summed E-state index contributed by atoms with van der Waals surface area (Å²) in [5.74, 6) is 0.178. The van der Waals surface area contributed by atoms with E-state index in [0.29, 0.717) is 6.42 Å². The highest BCUT2D eigenvalue weighted by molar-refractivity contribution is 5.80. The van der Waals surface area contributed by atoms with Gasteiger partial charge in [0.1, 0.15) is 0 Å². The van der Waals surface area contributed by atoms with Crippen LogP contribution < -0.4 is 0 Å². The maximum atomic E-state index is 13.0. The van der Waals surface area contributed by atoms with Gasteiger partial charge < -0.3 is 4.90 Å². The van der Waals surface area contributed by atoms with Crippen LogP contribution >= 0.6 is 0 Å². The number of aromatic amines is 1. The molecule has 1 fully saturated rings. The summed E-state index contributed by atoms with van der Waals surface area (Å²) in [6.45, 7) is 2.85. The SMILES string of the molecule is Cc1ccccc1CC(=O)N1CCCC1c1[nH]ncc1-c1ccncc1. The molecule has 1 aliphatic rings. The minimum Gasteiger partial charge on any atom is -0.334 e. The van der Waals surface area contributed by atoms with E-state index in [1.807, 2.05) is 41.4 Å². The van der Waals surface area contributed by atoms with Gasteiger partial charge in [0.25, 0.3) is 0 Å². The number of rotatable bonds is 4. The number of pyridine rings is 1. The summed E-state index contributed by atoms with van der Waals surface area (Å²) in [7, 11) is 0. The number of aryl methyl sites for hydroxylation is 1. The zero-order valence-corrected chi connectivity index (χ0v) is 14.9.